The van der Waals surface area contributed by atoms with Gasteiger partial charge in [-0.3, -0.25) is 0 Å². The highest BCUT2D eigenvalue weighted by atomic mass is 16.5. The molecule has 0 aliphatic heterocycles. The van der Waals surface area contributed by atoms with Crippen molar-refractivity contribution in [3.63, 3.8) is 0 Å². The van der Waals surface area contributed by atoms with E-state index in [0.717, 1.165) is 53.4 Å². The molecule has 0 unspecified atom stereocenters. The van der Waals surface area contributed by atoms with E-state index in [0.29, 0.717) is 6.42 Å². The van der Waals surface area contributed by atoms with E-state index in [2.05, 4.69) is 13.0 Å². The van der Waals surface area contributed by atoms with Crippen LogP contribution in [0.1, 0.15) is 25.3 Å². The SMILES string of the molecule is CCCCOc1cccc(-c2cc(CC#N)cc(Oc3ccccc3)c2)c1. The molecule has 0 bridgehead atoms. The van der Waals surface area contributed by atoms with Crippen LogP contribution in [0.25, 0.3) is 11.1 Å². The molecule has 3 aromatic rings. The maximum absolute atomic E-state index is 9.12. The number of rotatable bonds is 8. The summed E-state index contributed by atoms with van der Waals surface area (Å²) in [5.74, 6) is 2.35. The summed E-state index contributed by atoms with van der Waals surface area (Å²) in [5, 5.41) is 9.12. The monoisotopic (exact) mass is 357 g/mol. The van der Waals surface area contributed by atoms with E-state index in [1.807, 2.05) is 72.8 Å². The van der Waals surface area contributed by atoms with Crippen LogP contribution in [0.4, 0.5) is 0 Å². The Labute approximate surface area is 160 Å². The predicted octanol–water partition coefficient (Wildman–Crippen LogP) is 6.39. The molecule has 0 aromatic heterocycles. The van der Waals surface area contributed by atoms with Crippen molar-refractivity contribution in [1.29, 1.82) is 5.26 Å². The molecule has 0 spiro atoms. The normalized spacial score (nSPS) is 10.2. The number of unbranched alkanes of at least 4 members (excludes halogenated alkanes) is 1. The Kier molecular flexibility index (Phi) is 6.49. The fraction of sp³-hybridized carbons (Fsp3) is 0.208. The maximum atomic E-state index is 9.12. The molecule has 0 aliphatic rings. The third-order valence-corrected chi connectivity index (χ3v) is 4.16. The Hall–Kier alpha value is -3.25. The molecule has 3 heteroatoms. The number of nitrogens with zero attached hydrogens (tertiary/aromatic N) is 1. The standard InChI is InChI=1S/C24H23NO2/c1-2-3-14-26-23-11-7-8-20(17-23)21-15-19(12-13-25)16-24(18-21)27-22-9-5-4-6-10-22/h4-11,15-18H,2-3,12,14H2,1H3. The molecule has 0 atom stereocenters. The summed E-state index contributed by atoms with van der Waals surface area (Å²) in [7, 11) is 0. The highest BCUT2D eigenvalue weighted by molar-refractivity contribution is 5.68. The highest BCUT2D eigenvalue weighted by Crippen LogP contribution is 2.31. The summed E-state index contributed by atoms with van der Waals surface area (Å²) in [6.45, 7) is 2.87. The predicted molar refractivity (Wildman–Crippen MR) is 108 cm³/mol. The summed E-state index contributed by atoms with van der Waals surface area (Å²) in [5.41, 5.74) is 2.98. The molecule has 0 heterocycles. The first-order valence-electron chi connectivity index (χ1n) is 9.25. The molecule has 0 N–H and O–H groups in total. The van der Waals surface area contributed by atoms with Crippen molar-refractivity contribution in [2.45, 2.75) is 26.2 Å². The molecular formula is C24H23NO2. The van der Waals surface area contributed by atoms with Crippen molar-refractivity contribution in [2.75, 3.05) is 6.61 Å². The van der Waals surface area contributed by atoms with Crippen molar-refractivity contribution >= 4 is 0 Å². The Balaban J connectivity index is 1.90. The van der Waals surface area contributed by atoms with Gasteiger partial charge in [0.05, 0.1) is 19.1 Å². The average Bonchev–Trinajstić information content (AvgIpc) is 2.69. The highest BCUT2D eigenvalue weighted by Gasteiger charge is 2.07. The Bertz CT molecular complexity index is 913. The quantitative estimate of drug-likeness (QED) is 0.439. The summed E-state index contributed by atoms with van der Waals surface area (Å²) in [6.07, 6.45) is 2.48. The van der Waals surface area contributed by atoms with Crippen LogP contribution >= 0.6 is 0 Å². The number of hydrogen-bond acceptors (Lipinski definition) is 3. The lowest BCUT2D eigenvalue weighted by atomic mass is 10.0. The molecule has 0 radical (unpaired) electrons. The molecule has 0 fully saturated rings. The van der Waals surface area contributed by atoms with E-state index in [1.54, 1.807) is 0 Å². The van der Waals surface area contributed by atoms with E-state index in [1.165, 1.54) is 0 Å². The zero-order valence-electron chi connectivity index (χ0n) is 15.5. The van der Waals surface area contributed by atoms with Gasteiger partial charge in [0.2, 0.25) is 0 Å². The van der Waals surface area contributed by atoms with Gasteiger partial charge in [0.15, 0.2) is 0 Å². The second-order valence-electron chi connectivity index (χ2n) is 6.35. The van der Waals surface area contributed by atoms with Crippen LogP contribution in [0.2, 0.25) is 0 Å². The Morgan fingerprint density at radius 1 is 0.815 bits per heavy atom. The first-order valence-corrected chi connectivity index (χ1v) is 9.25. The van der Waals surface area contributed by atoms with Crippen LogP contribution in [0.3, 0.4) is 0 Å². The minimum atomic E-state index is 0.339. The number of nitriles is 1. The second kappa shape index (κ2) is 9.45. The van der Waals surface area contributed by atoms with Crippen LogP contribution in [0.5, 0.6) is 17.2 Å². The molecule has 3 rings (SSSR count). The van der Waals surface area contributed by atoms with Gasteiger partial charge in [-0.15, -0.1) is 0 Å². The molecule has 0 amide bonds. The molecule has 0 saturated heterocycles. The molecule has 27 heavy (non-hydrogen) atoms. The number of hydrogen-bond donors (Lipinski definition) is 0. The van der Waals surface area contributed by atoms with Crippen molar-refractivity contribution in [3.05, 3.63) is 78.4 Å². The van der Waals surface area contributed by atoms with Gasteiger partial charge in [-0.05, 0) is 65.6 Å². The summed E-state index contributed by atoms with van der Waals surface area (Å²) in [6, 6.07) is 25.9. The van der Waals surface area contributed by atoms with Crippen LogP contribution < -0.4 is 9.47 Å². The third kappa shape index (κ3) is 5.36. The van der Waals surface area contributed by atoms with Crippen LogP contribution in [0.15, 0.2) is 72.8 Å². The summed E-state index contributed by atoms with van der Waals surface area (Å²) >= 11 is 0. The smallest absolute Gasteiger partial charge is 0.128 e. The van der Waals surface area contributed by atoms with Crippen LogP contribution in [-0.4, -0.2) is 6.61 Å². The van der Waals surface area contributed by atoms with Crippen LogP contribution in [0, 0.1) is 11.3 Å². The Morgan fingerprint density at radius 3 is 2.37 bits per heavy atom. The van der Waals surface area contributed by atoms with Gasteiger partial charge in [0.1, 0.15) is 17.2 Å². The molecule has 136 valence electrons. The second-order valence-corrected chi connectivity index (χ2v) is 6.35. The molecule has 3 nitrogen and oxygen atoms in total. The van der Waals surface area contributed by atoms with Crippen molar-refractivity contribution in [3.8, 4) is 34.4 Å². The lowest BCUT2D eigenvalue weighted by Crippen LogP contribution is -1.96. The number of benzene rings is 3. The molecule has 0 aliphatic carbocycles. The van der Waals surface area contributed by atoms with Crippen molar-refractivity contribution in [1.82, 2.24) is 0 Å². The van der Waals surface area contributed by atoms with Gasteiger partial charge in [-0.1, -0.05) is 43.7 Å². The fourth-order valence-electron chi connectivity index (χ4n) is 2.80. The first kappa shape index (κ1) is 18.5. The largest absolute Gasteiger partial charge is 0.494 e. The fourth-order valence-corrected chi connectivity index (χ4v) is 2.80. The van der Waals surface area contributed by atoms with Gasteiger partial charge in [-0.2, -0.15) is 5.26 Å². The van der Waals surface area contributed by atoms with Gasteiger partial charge in [0.25, 0.3) is 0 Å². The van der Waals surface area contributed by atoms with Gasteiger partial charge in [-0.25, -0.2) is 0 Å². The molecule has 0 saturated carbocycles. The zero-order chi connectivity index (χ0) is 18.9. The average molecular weight is 357 g/mol. The lowest BCUT2D eigenvalue weighted by molar-refractivity contribution is 0.309. The van der Waals surface area contributed by atoms with Crippen molar-refractivity contribution in [2.24, 2.45) is 0 Å². The van der Waals surface area contributed by atoms with E-state index in [4.69, 9.17) is 14.7 Å². The summed E-state index contributed by atoms with van der Waals surface area (Å²) < 4.78 is 11.8. The van der Waals surface area contributed by atoms with E-state index in [-0.39, 0.29) is 0 Å². The molecule has 3 aromatic carbocycles. The van der Waals surface area contributed by atoms with Gasteiger partial charge in [0, 0.05) is 0 Å². The third-order valence-electron chi connectivity index (χ3n) is 4.16. The Morgan fingerprint density at radius 2 is 1.59 bits per heavy atom. The summed E-state index contributed by atoms with van der Waals surface area (Å²) in [4.78, 5) is 0. The van der Waals surface area contributed by atoms with Crippen LogP contribution in [-0.2, 0) is 6.42 Å². The van der Waals surface area contributed by atoms with E-state index >= 15 is 0 Å². The van der Waals surface area contributed by atoms with Gasteiger partial charge >= 0.3 is 0 Å². The van der Waals surface area contributed by atoms with E-state index in [9.17, 15) is 0 Å². The molecular weight excluding hydrogens is 334 g/mol. The van der Waals surface area contributed by atoms with E-state index < -0.39 is 0 Å². The minimum absolute atomic E-state index is 0.339. The first-order chi connectivity index (χ1) is 13.3. The maximum Gasteiger partial charge on any atom is 0.128 e. The topological polar surface area (TPSA) is 42.2 Å². The minimum Gasteiger partial charge on any atom is -0.494 e. The van der Waals surface area contributed by atoms with Gasteiger partial charge < -0.3 is 9.47 Å². The number of para-hydroxylation sites is 1. The number of ether oxygens (including phenoxy) is 2. The van der Waals surface area contributed by atoms with Crippen molar-refractivity contribution < 1.29 is 9.47 Å². The lowest BCUT2D eigenvalue weighted by Gasteiger charge is -2.12. The zero-order valence-corrected chi connectivity index (χ0v) is 15.5.